The Morgan fingerprint density at radius 3 is 2.65 bits per heavy atom. The molecule has 1 aliphatic rings. The zero-order chi connectivity index (χ0) is 14.5. The normalized spacial score (nSPS) is 16.1. The van der Waals surface area contributed by atoms with Gasteiger partial charge in [-0.05, 0) is 53.6 Å². The Morgan fingerprint density at radius 2 is 2.05 bits per heavy atom. The Balaban J connectivity index is 2.21. The lowest BCUT2D eigenvalue weighted by atomic mass is 9.93. The molecule has 1 amide bonds. The molecular weight excluding hydrogens is 392 g/mol. The van der Waals surface area contributed by atoms with Crippen LogP contribution >= 0.6 is 34.2 Å². The van der Waals surface area contributed by atoms with Crippen molar-refractivity contribution in [1.29, 1.82) is 0 Å². The molecule has 1 aromatic rings. The number of rotatable bonds is 4. The fourth-order valence-corrected chi connectivity index (χ4v) is 3.64. The summed E-state index contributed by atoms with van der Waals surface area (Å²) in [4.78, 5) is 14.6. The maximum absolute atomic E-state index is 13.2. The molecule has 0 aliphatic heterocycles. The Labute approximate surface area is 137 Å². The summed E-state index contributed by atoms with van der Waals surface area (Å²) in [6, 6.07) is 4.59. The summed E-state index contributed by atoms with van der Waals surface area (Å²) in [6.45, 7) is 0.554. The number of amides is 1. The van der Waals surface area contributed by atoms with Crippen LogP contribution in [0.2, 0.25) is 0 Å². The number of carbonyl (C=O) groups excluding carboxylic acids is 1. The third-order valence-electron chi connectivity index (χ3n) is 3.76. The minimum Gasteiger partial charge on any atom is -0.334 e. The van der Waals surface area contributed by atoms with Crippen molar-refractivity contribution in [3.63, 3.8) is 0 Å². The van der Waals surface area contributed by atoms with Crippen molar-refractivity contribution < 1.29 is 9.18 Å². The van der Waals surface area contributed by atoms with Crippen molar-refractivity contribution in [1.82, 2.24) is 4.90 Å². The van der Waals surface area contributed by atoms with E-state index in [2.05, 4.69) is 0 Å². The van der Waals surface area contributed by atoms with E-state index in [1.807, 2.05) is 27.5 Å². The van der Waals surface area contributed by atoms with Gasteiger partial charge in [-0.1, -0.05) is 19.3 Å². The quantitative estimate of drug-likeness (QED) is 0.532. The number of hydrogen-bond acceptors (Lipinski definition) is 1. The van der Waals surface area contributed by atoms with Crippen LogP contribution in [0.15, 0.2) is 18.2 Å². The van der Waals surface area contributed by atoms with Gasteiger partial charge in [-0.2, -0.15) is 0 Å². The van der Waals surface area contributed by atoms with E-state index in [-0.39, 0.29) is 17.8 Å². The maximum Gasteiger partial charge on any atom is 0.255 e. The Bertz CT molecular complexity index is 477. The van der Waals surface area contributed by atoms with Gasteiger partial charge in [0.15, 0.2) is 0 Å². The number of hydrogen-bond donors (Lipinski definition) is 0. The molecule has 5 heteroatoms. The first-order valence-corrected chi connectivity index (χ1v) is 8.57. The molecule has 2 nitrogen and oxygen atoms in total. The van der Waals surface area contributed by atoms with E-state index in [9.17, 15) is 9.18 Å². The second kappa shape index (κ2) is 7.59. The lowest BCUT2D eigenvalue weighted by molar-refractivity contribution is 0.0648. The lowest BCUT2D eigenvalue weighted by Gasteiger charge is -2.34. The minimum atomic E-state index is -0.312. The fourth-order valence-electron chi connectivity index (χ4n) is 2.75. The standard InChI is InChI=1S/C15H18ClFINO/c16-8-9-19(12-4-2-1-3-5-12)15(20)13-7-6-11(17)10-14(13)18/h6-7,10,12H,1-5,8-9H2. The molecule has 1 fully saturated rings. The number of carbonyl (C=O) groups is 1. The first-order valence-electron chi connectivity index (χ1n) is 6.95. The molecule has 0 heterocycles. The lowest BCUT2D eigenvalue weighted by Crippen LogP contribution is -2.42. The molecule has 20 heavy (non-hydrogen) atoms. The van der Waals surface area contributed by atoms with Crippen LogP contribution < -0.4 is 0 Å². The second-order valence-corrected chi connectivity index (χ2v) is 6.64. The highest BCUT2D eigenvalue weighted by molar-refractivity contribution is 14.1. The third kappa shape index (κ3) is 3.85. The van der Waals surface area contributed by atoms with Gasteiger partial charge in [0.25, 0.3) is 5.91 Å². The summed E-state index contributed by atoms with van der Waals surface area (Å²) in [5.74, 6) is 0.0921. The monoisotopic (exact) mass is 409 g/mol. The van der Waals surface area contributed by atoms with Crippen LogP contribution in [0.5, 0.6) is 0 Å². The number of nitrogens with zero attached hydrogens (tertiary/aromatic N) is 1. The van der Waals surface area contributed by atoms with Crippen LogP contribution in [-0.2, 0) is 0 Å². The van der Waals surface area contributed by atoms with Gasteiger partial charge >= 0.3 is 0 Å². The van der Waals surface area contributed by atoms with Crippen molar-refractivity contribution in [2.75, 3.05) is 12.4 Å². The number of alkyl halides is 1. The van der Waals surface area contributed by atoms with E-state index in [0.29, 0.717) is 21.6 Å². The van der Waals surface area contributed by atoms with Crippen LogP contribution in [0, 0.1) is 9.39 Å². The predicted octanol–water partition coefficient (Wildman–Crippen LogP) is 4.44. The first kappa shape index (κ1) is 16.0. The van der Waals surface area contributed by atoms with E-state index < -0.39 is 0 Å². The van der Waals surface area contributed by atoms with Gasteiger partial charge in [-0.3, -0.25) is 4.79 Å². The van der Waals surface area contributed by atoms with Crippen molar-refractivity contribution in [3.8, 4) is 0 Å². The molecule has 2 rings (SSSR count). The van der Waals surface area contributed by atoms with Crippen LogP contribution in [0.25, 0.3) is 0 Å². The Hall–Kier alpha value is -0.360. The average Bonchev–Trinajstić information content (AvgIpc) is 2.45. The molecule has 110 valence electrons. The zero-order valence-corrected chi connectivity index (χ0v) is 14.2. The van der Waals surface area contributed by atoms with E-state index in [0.717, 1.165) is 25.7 Å². The number of benzene rings is 1. The highest BCUT2D eigenvalue weighted by Gasteiger charge is 2.26. The summed E-state index contributed by atoms with van der Waals surface area (Å²) in [6.07, 6.45) is 5.66. The smallest absolute Gasteiger partial charge is 0.255 e. The molecular formula is C15H18ClFINO. The van der Waals surface area contributed by atoms with Crippen LogP contribution in [0.1, 0.15) is 42.5 Å². The first-order chi connectivity index (χ1) is 9.63. The van der Waals surface area contributed by atoms with Gasteiger partial charge < -0.3 is 4.90 Å². The largest absolute Gasteiger partial charge is 0.334 e. The summed E-state index contributed by atoms with van der Waals surface area (Å²) in [5, 5.41) is 0. The minimum absolute atomic E-state index is 0.0260. The molecule has 0 spiro atoms. The van der Waals surface area contributed by atoms with E-state index in [4.69, 9.17) is 11.6 Å². The van der Waals surface area contributed by atoms with E-state index >= 15 is 0 Å². The molecule has 0 N–H and O–H groups in total. The second-order valence-electron chi connectivity index (χ2n) is 5.10. The molecule has 1 saturated carbocycles. The molecule has 0 aromatic heterocycles. The summed E-state index contributed by atoms with van der Waals surface area (Å²) < 4.78 is 13.8. The third-order valence-corrected chi connectivity index (χ3v) is 4.82. The number of halogens is 3. The van der Waals surface area contributed by atoms with Gasteiger partial charge in [0, 0.05) is 22.0 Å². The molecule has 0 radical (unpaired) electrons. The van der Waals surface area contributed by atoms with Crippen LogP contribution in [-0.4, -0.2) is 29.3 Å². The van der Waals surface area contributed by atoms with Crippen LogP contribution in [0.3, 0.4) is 0 Å². The Morgan fingerprint density at radius 1 is 1.35 bits per heavy atom. The van der Waals surface area contributed by atoms with Crippen LogP contribution in [0.4, 0.5) is 4.39 Å². The van der Waals surface area contributed by atoms with Gasteiger partial charge in [-0.25, -0.2) is 4.39 Å². The summed E-state index contributed by atoms with van der Waals surface area (Å²) >= 11 is 7.87. The topological polar surface area (TPSA) is 20.3 Å². The summed E-state index contributed by atoms with van der Waals surface area (Å²) in [5.41, 5.74) is 0.572. The molecule has 1 aliphatic carbocycles. The van der Waals surface area contributed by atoms with Crippen molar-refractivity contribution in [3.05, 3.63) is 33.1 Å². The Kier molecular flexibility index (Phi) is 6.08. The van der Waals surface area contributed by atoms with E-state index in [1.54, 1.807) is 6.07 Å². The molecule has 1 aromatic carbocycles. The van der Waals surface area contributed by atoms with Gasteiger partial charge in [-0.15, -0.1) is 11.6 Å². The highest BCUT2D eigenvalue weighted by Crippen LogP contribution is 2.25. The fraction of sp³-hybridized carbons (Fsp3) is 0.533. The summed E-state index contributed by atoms with van der Waals surface area (Å²) in [7, 11) is 0. The molecule has 0 saturated heterocycles. The molecule has 0 bridgehead atoms. The maximum atomic E-state index is 13.2. The predicted molar refractivity (Wildman–Crippen MR) is 87.7 cm³/mol. The van der Waals surface area contributed by atoms with Crippen molar-refractivity contribution in [2.45, 2.75) is 38.1 Å². The van der Waals surface area contributed by atoms with Gasteiger partial charge in [0.2, 0.25) is 0 Å². The highest BCUT2D eigenvalue weighted by atomic mass is 127. The van der Waals surface area contributed by atoms with Gasteiger partial charge in [0.1, 0.15) is 5.82 Å². The van der Waals surface area contributed by atoms with Crippen molar-refractivity contribution in [2.24, 2.45) is 0 Å². The van der Waals surface area contributed by atoms with Crippen molar-refractivity contribution >= 4 is 40.1 Å². The SMILES string of the molecule is O=C(c1ccc(F)cc1I)N(CCCl)C1CCCCC1. The molecule has 0 atom stereocenters. The zero-order valence-electron chi connectivity index (χ0n) is 11.2. The van der Waals surface area contributed by atoms with E-state index in [1.165, 1.54) is 18.6 Å². The molecule has 0 unspecified atom stereocenters. The average molecular weight is 410 g/mol. The van der Waals surface area contributed by atoms with Gasteiger partial charge in [0.05, 0.1) is 5.56 Å².